The standard InChI is InChI=1S/C4H8O2S/c1-5-3-4(7)6-2/h3H2,1-2H3. The minimum Gasteiger partial charge on any atom is -0.488 e. The largest absolute Gasteiger partial charge is 0.488 e. The van der Waals surface area contributed by atoms with Gasteiger partial charge in [-0.3, -0.25) is 0 Å². The average Bonchev–Trinajstić information content (AvgIpc) is 1.68. The highest BCUT2D eigenvalue weighted by molar-refractivity contribution is 7.80. The molecule has 0 aromatic carbocycles. The van der Waals surface area contributed by atoms with Crippen LogP contribution >= 0.6 is 12.2 Å². The molecule has 0 rings (SSSR count). The first kappa shape index (κ1) is 6.85. The normalized spacial score (nSPS) is 8.29. The van der Waals surface area contributed by atoms with Crippen LogP contribution in [-0.4, -0.2) is 25.9 Å². The first-order valence-corrected chi connectivity index (χ1v) is 2.28. The predicted octanol–water partition coefficient (Wildman–Crippen LogP) is 0.607. The monoisotopic (exact) mass is 120 g/mol. The van der Waals surface area contributed by atoms with Crippen LogP contribution in [-0.2, 0) is 9.47 Å². The maximum atomic E-state index is 4.63. The van der Waals surface area contributed by atoms with Crippen molar-refractivity contribution < 1.29 is 9.47 Å². The van der Waals surface area contributed by atoms with Crippen molar-refractivity contribution in [2.24, 2.45) is 0 Å². The van der Waals surface area contributed by atoms with Crippen molar-refractivity contribution in [2.45, 2.75) is 0 Å². The summed E-state index contributed by atoms with van der Waals surface area (Å²) < 4.78 is 9.23. The van der Waals surface area contributed by atoms with Crippen molar-refractivity contribution in [2.75, 3.05) is 20.8 Å². The molecular weight excluding hydrogens is 112 g/mol. The van der Waals surface area contributed by atoms with E-state index in [1.807, 2.05) is 0 Å². The number of thiocarbonyl (C=S) groups is 1. The summed E-state index contributed by atoms with van der Waals surface area (Å²) in [4.78, 5) is 0. The van der Waals surface area contributed by atoms with Crippen molar-refractivity contribution in [3.8, 4) is 0 Å². The van der Waals surface area contributed by atoms with Gasteiger partial charge in [0.2, 0.25) is 0 Å². The summed E-state index contributed by atoms with van der Waals surface area (Å²) in [5.41, 5.74) is 0. The molecule has 0 heterocycles. The molecule has 0 atom stereocenters. The fourth-order valence-electron chi connectivity index (χ4n) is 0.177. The van der Waals surface area contributed by atoms with Gasteiger partial charge >= 0.3 is 0 Å². The Hall–Kier alpha value is -0.150. The second kappa shape index (κ2) is 4.02. The molecule has 0 aliphatic rings. The molecule has 0 aromatic rings. The van der Waals surface area contributed by atoms with Crippen LogP contribution < -0.4 is 0 Å². The van der Waals surface area contributed by atoms with E-state index in [2.05, 4.69) is 21.7 Å². The summed E-state index contributed by atoms with van der Waals surface area (Å²) in [6, 6.07) is 0. The Bertz CT molecular complexity index is 62.7. The summed E-state index contributed by atoms with van der Waals surface area (Å²) in [5.74, 6) is 0. The molecule has 0 aromatic heterocycles. The quantitative estimate of drug-likeness (QED) is 0.497. The van der Waals surface area contributed by atoms with Crippen LogP contribution in [0.25, 0.3) is 0 Å². The molecule has 0 N–H and O–H groups in total. The Kier molecular flexibility index (Phi) is 3.93. The first-order valence-electron chi connectivity index (χ1n) is 1.87. The van der Waals surface area contributed by atoms with Gasteiger partial charge in [0.05, 0.1) is 7.11 Å². The van der Waals surface area contributed by atoms with Gasteiger partial charge in [-0.05, 0) is 12.2 Å². The highest BCUT2D eigenvalue weighted by Gasteiger charge is 1.87. The van der Waals surface area contributed by atoms with Gasteiger partial charge in [0.1, 0.15) is 6.61 Å². The van der Waals surface area contributed by atoms with E-state index in [1.165, 1.54) is 7.11 Å². The minimum atomic E-state index is 0.409. The summed E-state index contributed by atoms with van der Waals surface area (Å²) in [5, 5.41) is 0.488. The fraction of sp³-hybridized carbons (Fsp3) is 0.750. The molecule has 2 nitrogen and oxygen atoms in total. The number of hydrogen-bond acceptors (Lipinski definition) is 3. The van der Waals surface area contributed by atoms with Crippen molar-refractivity contribution in [3.63, 3.8) is 0 Å². The Balaban J connectivity index is 3.00. The lowest BCUT2D eigenvalue weighted by Crippen LogP contribution is -2.04. The molecule has 7 heavy (non-hydrogen) atoms. The molecule has 3 heteroatoms. The van der Waals surface area contributed by atoms with Crippen molar-refractivity contribution in [3.05, 3.63) is 0 Å². The number of rotatable bonds is 2. The lowest BCUT2D eigenvalue weighted by molar-refractivity contribution is 0.223. The third-order valence-electron chi connectivity index (χ3n) is 0.490. The van der Waals surface area contributed by atoms with Gasteiger partial charge in [0.15, 0.2) is 5.05 Å². The zero-order valence-corrected chi connectivity index (χ0v) is 5.25. The van der Waals surface area contributed by atoms with Gasteiger partial charge in [-0.2, -0.15) is 0 Å². The Morgan fingerprint density at radius 2 is 2.14 bits per heavy atom. The molecule has 0 saturated carbocycles. The van der Waals surface area contributed by atoms with Gasteiger partial charge in [-0.15, -0.1) is 0 Å². The van der Waals surface area contributed by atoms with E-state index < -0.39 is 0 Å². The van der Waals surface area contributed by atoms with Crippen LogP contribution in [0.3, 0.4) is 0 Å². The average molecular weight is 120 g/mol. The van der Waals surface area contributed by atoms with E-state index in [9.17, 15) is 0 Å². The van der Waals surface area contributed by atoms with E-state index in [1.54, 1.807) is 7.11 Å². The summed E-state index contributed by atoms with van der Waals surface area (Å²) in [6.07, 6.45) is 0. The summed E-state index contributed by atoms with van der Waals surface area (Å²) >= 11 is 4.61. The van der Waals surface area contributed by atoms with Crippen LogP contribution in [0.4, 0.5) is 0 Å². The van der Waals surface area contributed by atoms with E-state index in [-0.39, 0.29) is 0 Å². The smallest absolute Gasteiger partial charge is 0.185 e. The molecule has 42 valence electrons. The minimum absolute atomic E-state index is 0.409. The fourth-order valence-corrected chi connectivity index (χ4v) is 0.295. The zero-order chi connectivity index (χ0) is 5.70. The molecule has 0 aliphatic carbocycles. The topological polar surface area (TPSA) is 18.5 Å². The van der Waals surface area contributed by atoms with Gasteiger partial charge in [-0.1, -0.05) is 0 Å². The Morgan fingerprint density at radius 3 is 2.29 bits per heavy atom. The lowest BCUT2D eigenvalue weighted by Gasteiger charge is -1.96. The Labute approximate surface area is 48.4 Å². The maximum absolute atomic E-state index is 4.63. The second-order valence-corrected chi connectivity index (χ2v) is 1.46. The Morgan fingerprint density at radius 1 is 1.57 bits per heavy atom. The third kappa shape index (κ3) is 3.69. The molecule has 0 saturated heterocycles. The summed E-state index contributed by atoms with van der Waals surface area (Å²) in [6.45, 7) is 0.409. The van der Waals surface area contributed by atoms with Crippen molar-refractivity contribution in [1.29, 1.82) is 0 Å². The van der Waals surface area contributed by atoms with Crippen LogP contribution in [0.2, 0.25) is 0 Å². The van der Waals surface area contributed by atoms with E-state index >= 15 is 0 Å². The zero-order valence-electron chi connectivity index (χ0n) is 4.43. The van der Waals surface area contributed by atoms with E-state index in [0.717, 1.165) is 0 Å². The summed E-state index contributed by atoms with van der Waals surface area (Å²) in [7, 11) is 3.10. The third-order valence-corrected chi connectivity index (χ3v) is 0.774. The number of ether oxygens (including phenoxy) is 2. The SMILES string of the molecule is COCC(=S)OC. The van der Waals surface area contributed by atoms with Crippen LogP contribution in [0, 0.1) is 0 Å². The highest BCUT2D eigenvalue weighted by Crippen LogP contribution is 1.76. The molecule has 0 amide bonds. The highest BCUT2D eigenvalue weighted by atomic mass is 32.1. The first-order chi connectivity index (χ1) is 3.31. The molecule has 0 radical (unpaired) electrons. The molecule has 0 aliphatic heterocycles. The van der Waals surface area contributed by atoms with E-state index in [4.69, 9.17) is 0 Å². The molecule has 0 bridgehead atoms. The molecule has 0 unspecified atom stereocenters. The predicted molar refractivity (Wildman–Crippen MR) is 31.5 cm³/mol. The molecular formula is C4H8O2S. The number of methoxy groups -OCH3 is 2. The van der Waals surface area contributed by atoms with Crippen molar-refractivity contribution >= 4 is 17.3 Å². The van der Waals surface area contributed by atoms with Crippen LogP contribution in [0.15, 0.2) is 0 Å². The van der Waals surface area contributed by atoms with Gasteiger partial charge in [-0.25, -0.2) is 0 Å². The maximum Gasteiger partial charge on any atom is 0.185 e. The van der Waals surface area contributed by atoms with E-state index in [0.29, 0.717) is 11.7 Å². The number of hydrogen-bond donors (Lipinski definition) is 0. The van der Waals surface area contributed by atoms with Crippen LogP contribution in [0.5, 0.6) is 0 Å². The van der Waals surface area contributed by atoms with Gasteiger partial charge < -0.3 is 9.47 Å². The lowest BCUT2D eigenvalue weighted by atomic mass is 10.8. The van der Waals surface area contributed by atoms with Gasteiger partial charge in [0, 0.05) is 7.11 Å². The van der Waals surface area contributed by atoms with Crippen molar-refractivity contribution in [1.82, 2.24) is 0 Å². The molecule has 0 fully saturated rings. The second-order valence-electron chi connectivity index (χ2n) is 1.01. The van der Waals surface area contributed by atoms with Crippen LogP contribution in [0.1, 0.15) is 0 Å². The van der Waals surface area contributed by atoms with Gasteiger partial charge in [0.25, 0.3) is 0 Å². The molecule has 0 spiro atoms.